The highest BCUT2D eigenvalue weighted by Gasteiger charge is 2.08. The van der Waals surface area contributed by atoms with Crippen LogP contribution in [-0.2, 0) is 0 Å². The lowest BCUT2D eigenvalue weighted by Gasteiger charge is -2.12. The molecule has 2 N–H and O–H groups in total. The Balaban J connectivity index is 1.75. The summed E-state index contributed by atoms with van der Waals surface area (Å²) in [5.41, 5.74) is 3.41. The van der Waals surface area contributed by atoms with Crippen LogP contribution in [0.3, 0.4) is 0 Å². The van der Waals surface area contributed by atoms with Crippen molar-refractivity contribution < 1.29 is 0 Å². The average molecular weight is 263 g/mol. The van der Waals surface area contributed by atoms with Crippen LogP contribution in [0.25, 0.3) is 11.3 Å². The van der Waals surface area contributed by atoms with Crippen molar-refractivity contribution in [3.63, 3.8) is 0 Å². The molecule has 2 aromatic carbocycles. The van der Waals surface area contributed by atoms with Crippen molar-refractivity contribution in [3.05, 3.63) is 72.3 Å². The van der Waals surface area contributed by atoms with Crippen LogP contribution in [-0.4, -0.2) is 10.2 Å². The van der Waals surface area contributed by atoms with Crippen LogP contribution in [0, 0.1) is 0 Å². The van der Waals surface area contributed by atoms with Gasteiger partial charge in [-0.3, -0.25) is 5.10 Å². The highest BCUT2D eigenvalue weighted by molar-refractivity contribution is 5.62. The van der Waals surface area contributed by atoms with Gasteiger partial charge in [0.05, 0.1) is 5.69 Å². The first-order valence-electron chi connectivity index (χ1n) is 6.75. The Bertz CT molecular complexity index is 659. The van der Waals surface area contributed by atoms with E-state index in [9.17, 15) is 0 Å². The van der Waals surface area contributed by atoms with Gasteiger partial charge in [-0.25, -0.2) is 0 Å². The van der Waals surface area contributed by atoms with Gasteiger partial charge in [-0.1, -0.05) is 60.7 Å². The first-order chi connectivity index (χ1) is 9.83. The molecule has 3 heteroatoms. The van der Waals surface area contributed by atoms with Crippen molar-refractivity contribution in [2.75, 3.05) is 5.32 Å². The molecule has 3 nitrogen and oxygen atoms in total. The second-order valence-corrected chi connectivity index (χ2v) is 4.81. The standard InChI is InChI=1S/C17H17N3/c1-13(14-8-4-2-5-9-14)18-17-12-16(19-20-17)15-10-6-3-7-11-15/h2-13H,1H3,(H2,18,19,20). The lowest BCUT2D eigenvalue weighted by atomic mass is 10.1. The molecule has 0 saturated carbocycles. The van der Waals surface area contributed by atoms with Crippen molar-refractivity contribution in [2.24, 2.45) is 0 Å². The second-order valence-electron chi connectivity index (χ2n) is 4.81. The Morgan fingerprint density at radius 2 is 1.60 bits per heavy atom. The molecule has 0 aliphatic carbocycles. The van der Waals surface area contributed by atoms with Gasteiger partial charge in [0.2, 0.25) is 0 Å². The minimum atomic E-state index is 0.225. The number of aromatic nitrogens is 2. The molecule has 0 bridgehead atoms. The van der Waals surface area contributed by atoms with E-state index in [-0.39, 0.29) is 6.04 Å². The highest BCUT2D eigenvalue weighted by atomic mass is 15.2. The van der Waals surface area contributed by atoms with Crippen LogP contribution < -0.4 is 5.32 Å². The Kier molecular flexibility index (Phi) is 3.50. The molecule has 0 saturated heterocycles. The molecule has 0 aliphatic rings. The van der Waals surface area contributed by atoms with E-state index in [0.717, 1.165) is 17.1 Å². The number of hydrogen-bond acceptors (Lipinski definition) is 2. The number of nitrogens with one attached hydrogen (secondary N) is 2. The van der Waals surface area contributed by atoms with E-state index in [1.54, 1.807) is 0 Å². The van der Waals surface area contributed by atoms with Gasteiger partial charge in [0.15, 0.2) is 0 Å². The first kappa shape index (κ1) is 12.5. The van der Waals surface area contributed by atoms with Gasteiger partial charge in [0.25, 0.3) is 0 Å². The number of aromatic amines is 1. The summed E-state index contributed by atoms with van der Waals surface area (Å²) in [4.78, 5) is 0. The van der Waals surface area contributed by atoms with Gasteiger partial charge in [-0.15, -0.1) is 0 Å². The smallest absolute Gasteiger partial charge is 0.148 e. The van der Waals surface area contributed by atoms with Crippen LogP contribution in [0.5, 0.6) is 0 Å². The molecule has 0 aliphatic heterocycles. The van der Waals surface area contributed by atoms with E-state index in [1.165, 1.54) is 5.56 Å². The van der Waals surface area contributed by atoms with E-state index < -0.39 is 0 Å². The fourth-order valence-electron chi connectivity index (χ4n) is 2.21. The number of nitrogens with zero attached hydrogens (tertiary/aromatic N) is 1. The van der Waals surface area contributed by atoms with Crippen LogP contribution in [0.4, 0.5) is 5.82 Å². The van der Waals surface area contributed by atoms with Crippen molar-refractivity contribution in [1.29, 1.82) is 0 Å². The topological polar surface area (TPSA) is 40.7 Å². The molecule has 100 valence electrons. The maximum absolute atomic E-state index is 4.32. The van der Waals surface area contributed by atoms with Crippen molar-refractivity contribution in [3.8, 4) is 11.3 Å². The second kappa shape index (κ2) is 5.61. The summed E-state index contributed by atoms with van der Waals surface area (Å²) in [6.45, 7) is 2.13. The SMILES string of the molecule is CC(Nc1cc(-c2ccccc2)[nH]n1)c1ccccc1. The van der Waals surface area contributed by atoms with Crippen LogP contribution in [0.1, 0.15) is 18.5 Å². The largest absolute Gasteiger partial charge is 0.362 e. The van der Waals surface area contributed by atoms with E-state index in [1.807, 2.05) is 42.5 Å². The summed E-state index contributed by atoms with van der Waals surface area (Å²) in [6, 6.07) is 22.8. The molecule has 0 radical (unpaired) electrons. The molecule has 1 atom stereocenters. The highest BCUT2D eigenvalue weighted by Crippen LogP contribution is 2.22. The van der Waals surface area contributed by atoms with E-state index >= 15 is 0 Å². The van der Waals surface area contributed by atoms with Crippen LogP contribution in [0.2, 0.25) is 0 Å². The molecule has 20 heavy (non-hydrogen) atoms. The molecule has 3 aromatic rings. The summed E-state index contributed by atoms with van der Waals surface area (Å²) >= 11 is 0. The van der Waals surface area contributed by atoms with Crippen LogP contribution >= 0.6 is 0 Å². The first-order valence-corrected chi connectivity index (χ1v) is 6.75. The Labute approximate surface area is 118 Å². The van der Waals surface area contributed by atoms with Gasteiger partial charge in [0.1, 0.15) is 5.82 Å². The predicted molar refractivity (Wildman–Crippen MR) is 82.5 cm³/mol. The van der Waals surface area contributed by atoms with Crippen LogP contribution in [0.15, 0.2) is 66.7 Å². The molecule has 1 heterocycles. The Morgan fingerprint density at radius 3 is 2.30 bits per heavy atom. The fraction of sp³-hybridized carbons (Fsp3) is 0.118. The molecular weight excluding hydrogens is 246 g/mol. The zero-order valence-corrected chi connectivity index (χ0v) is 11.4. The zero-order valence-electron chi connectivity index (χ0n) is 11.4. The molecule has 0 spiro atoms. The lowest BCUT2D eigenvalue weighted by Crippen LogP contribution is -2.06. The maximum atomic E-state index is 4.32. The predicted octanol–water partition coefficient (Wildman–Crippen LogP) is 4.25. The van der Waals surface area contributed by atoms with E-state index in [4.69, 9.17) is 0 Å². The number of H-pyrrole nitrogens is 1. The minimum Gasteiger partial charge on any atom is -0.362 e. The average Bonchev–Trinajstić information content (AvgIpc) is 2.97. The third-order valence-electron chi connectivity index (χ3n) is 3.33. The molecule has 1 aromatic heterocycles. The van der Waals surface area contributed by atoms with Crippen molar-refractivity contribution >= 4 is 5.82 Å². The number of anilines is 1. The summed E-state index contributed by atoms with van der Waals surface area (Å²) in [5.74, 6) is 0.861. The molecule has 1 unspecified atom stereocenters. The van der Waals surface area contributed by atoms with E-state index in [0.29, 0.717) is 0 Å². The summed E-state index contributed by atoms with van der Waals surface area (Å²) in [5, 5.41) is 10.8. The lowest BCUT2D eigenvalue weighted by molar-refractivity contribution is 0.870. The third kappa shape index (κ3) is 2.72. The number of benzene rings is 2. The quantitative estimate of drug-likeness (QED) is 0.738. The molecule has 3 rings (SSSR count). The zero-order chi connectivity index (χ0) is 13.8. The number of rotatable bonds is 4. The Hall–Kier alpha value is -2.55. The molecule has 0 amide bonds. The monoisotopic (exact) mass is 263 g/mol. The van der Waals surface area contributed by atoms with Gasteiger partial charge >= 0.3 is 0 Å². The Morgan fingerprint density at radius 1 is 0.950 bits per heavy atom. The van der Waals surface area contributed by atoms with Crippen molar-refractivity contribution in [2.45, 2.75) is 13.0 Å². The van der Waals surface area contributed by atoms with Gasteiger partial charge < -0.3 is 5.32 Å². The molecular formula is C17H17N3. The van der Waals surface area contributed by atoms with Gasteiger partial charge in [-0.2, -0.15) is 5.10 Å². The number of hydrogen-bond donors (Lipinski definition) is 2. The maximum Gasteiger partial charge on any atom is 0.148 e. The third-order valence-corrected chi connectivity index (χ3v) is 3.33. The van der Waals surface area contributed by atoms with Crippen molar-refractivity contribution in [1.82, 2.24) is 10.2 Å². The fourth-order valence-corrected chi connectivity index (χ4v) is 2.21. The summed E-state index contributed by atoms with van der Waals surface area (Å²) in [7, 11) is 0. The minimum absolute atomic E-state index is 0.225. The van der Waals surface area contributed by atoms with Gasteiger partial charge in [-0.05, 0) is 18.1 Å². The summed E-state index contributed by atoms with van der Waals surface area (Å²) < 4.78 is 0. The molecule has 0 fully saturated rings. The van der Waals surface area contributed by atoms with E-state index in [2.05, 4.69) is 46.7 Å². The van der Waals surface area contributed by atoms with Gasteiger partial charge in [0, 0.05) is 12.1 Å². The normalized spacial score (nSPS) is 12.1. The summed E-state index contributed by atoms with van der Waals surface area (Å²) in [6.07, 6.45) is 0.